The number of hydrogen-bond donors (Lipinski definition) is 1. The monoisotopic (exact) mass is 546 g/mol. The molecule has 1 saturated heterocycles. The van der Waals surface area contributed by atoms with E-state index < -0.39 is 17.7 Å². The molecule has 1 fully saturated rings. The zero-order valence-electron chi connectivity index (χ0n) is 22.7. The highest BCUT2D eigenvalue weighted by Crippen LogP contribution is 2.40. The van der Waals surface area contributed by atoms with Crippen LogP contribution in [0.25, 0.3) is 5.76 Å². The maximum Gasteiger partial charge on any atom is 0.295 e. The van der Waals surface area contributed by atoms with E-state index >= 15 is 0 Å². The van der Waals surface area contributed by atoms with E-state index in [-0.39, 0.29) is 17.9 Å². The van der Waals surface area contributed by atoms with Gasteiger partial charge in [-0.25, -0.2) is 0 Å². The quantitative estimate of drug-likeness (QED) is 0.111. The minimum atomic E-state index is -0.798. The Bertz CT molecular complexity index is 1580. The van der Waals surface area contributed by atoms with Crippen molar-refractivity contribution in [1.82, 2.24) is 9.88 Å². The number of aliphatic hydroxyl groups is 1. The van der Waals surface area contributed by atoms with Crippen molar-refractivity contribution in [3.63, 3.8) is 0 Å². The maximum absolute atomic E-state index is 13.4. The molecule has 1 atom stereocenters. The number of ketones is 1. The largest absolute Gasteiger partial charge is 0.507 e. The fourth-order valence-corrected chi connectivity index (χ4v) is 4.77. The minimum absolute atomic E-state index is 0.0254. The lowest BCUT2D eigenvalue weighted by molar-refractivity contribution is -0.140. The van der Waals surface area contributed by atoms with Crippen LogP contribution in [0.2, 0.25) is 0 Å². The second-order valence-corrected chi connectivity index (χ2v) is 9.69. The number of likely N-dealkylation sites (tertiary alicyclic amines) is 1. The number of rotatable bonds is 10. The number of aromatic nitrogens is 1. The van der Waals surface area contributed by atoms with E-state index in [1.54, 1.807) is 79.1 Å². The molecular formula is C34H30N2O5. The second kappa shape index (κ2) is 12.3. The summed E-state index contributed by atoms with van der Waals surface area (Å²) in [4.78, 5) is 32.2. The average molecular weight is 547 g/mol. The highest BCUT2D eigenvalue weighted by molar-refractivity contribution is 6.46. The number of hydrogen-bond acceptors (Lipinski definition) is 6. The fraction of sp³-hybridized carbons (Fsp3) is 0.147. The van der Waals surface area contributed by atoms with Gasteiger partial charge in [-0.2, -0.15) is 0 Å². The molecule has 3 aromatic carbocycles. The Morgan fingerprint density at radius 1 is 0.927 bits per heavy atom. The summed E-state index contributed by atoms with van der Waals surface area (Å²) in [6, 6.07) is 24.7. The standard InChI is InChI=1S/C34H30N2O5/c1-3-20-40-28-12-8-25(9-13-28)31-30(33(38)34(39)36(31)21-24-16-18-35-19-17-24)32(37)26-10-14-29(15-11-26)41-22-27-7-5-4-6-23(27)2/h3-19,31,37H,1,20-22H2,2H3. The van der Waals surface area contributed by atoms with Crippen LogP contribution in [0.5, 0.6) is 11.5 Å². The number of benzene rings is 3. The van der Waals surface area contributed by atoms with Crippen LogP contribution in [0.1, 0.15) is 33.9 Å². The number of carbonyl (C=O) groups is 2. The first-order valence-electron chi connectivity index (χ1n) is 13.2. The second-order valence-electron chi connectivity index (χ2n) is 9.69. The topological polar surface area (TPSA) is 89.0 Å². The van der Waals surface area contributed by atoms with Gasteiger partial charge in [-0.05, 0) is 77.7 Å². The van der Waals surface area contributed by atoms with Crippen LogP contribution in [-0.4, -0.2) is 33.3 Å². The van der Waals surface area contributed by atoms with Gasteiger partial charge in [0, 0.05) is 24.5 Å². The molecule has 1 unspecified atom stereocenters. The molecule has 0 saturated carbocycles. The zero-order valence-corrected chi connectivity index (χ0v) is 22.7. The van der Waals surface area contributed by atoms with E-state index in [4.69, 9.17) is 9.47 Å². The SMILES string of the molecule is C=CCOc1ccc(C2C(=C(O)c3ccc(OCc4ccccc4C)cc3)C(=O)C(=O)N2Cc2ccncc2)cc1. The van der Waals surface area contributed by atoms with Gasteiger partial charge in [0.25, 0.3) is 11.7 Å². The summed E-state index contributed by atoms with van der Waals surface area (Å²) in [6.07, 6.45) is 4.92. The molecule has 4 aromatic rings. The van der Waals surface area contributed by atoms with Crippen LogP contribution in [-0.2, 0) is 22.7 Å². The summed E-state index contributed by atoms with van der Waals surface area (Å²) in [5.41, 5.74) is 4.13. The number of Topliss-reactive ketones (excluding diaryl/α,β-unsaturated/α-hetero) is 1. The van der Waals surface area contributed by atoms with Crippen LogP contribution in [0.3, 0.4) is 0 Å². The summed E-state index contributed by atoms with van der Waals surface area (Å²) in [5.74, 6) is -0.425. The highest BCUT2D eigenvalue weighted by atomic mass is 16.5. The molecule has 0 spiro atoms. The van der Waals surface area contributed by atoms with Gasteiger partial charge in [0.1, 0.15) is 30.5 Å². The molecule has 1 aliphatic heterocycles. The summed E-state index contributed by atoms with van der Waals surface area (Å²) in [5, 5.41) is 11.4. The fourth-order valence-electron chi connectivity index (χ4n) is 4.77. The maximum atomic E-state index is 13.4. The molecule has 1 amide bonds. The van der Waals surface area contributed by atoms with Crippen LogP contribution in [0.15, 0.2) is 116 Å². The van der Waals surface area contributed by atoms with E-state index in [1.807, 2.05) is 31.2 Å². The molecule has 0 aliphatic carbocycles. The normalized spacial score (nSPS) is 16.0. The van der Waals surface area contributed by atoms with Crippen molar-refractivity contribution < 1.29 is 24.2 Å². The Balaban J connectivity index is 1.47. The first-order chi connectivity index (χ1) is 20.0. The molecule has 5 rings (SSSR count). The van der Waals surface area contributed by atoms with Gasteiger partial charge in [-0.15, -0.1) is 0 Å². The minimum Gasteiger partial charge on any atom is -0.507 e. The van der Waals surface area contributed by atoms with E-state index in [9.17, 15) is 14.7 Å². The summed E-state index contributed by atoms with van der Waals surface area (Å²) < 4.78 is 11.5. The summed E-state index contributed by atoms with van der Waals surface area (Å²) in [7, 11) is 0. The van der Waals surface area contributed by atoms with E-state index in [2.05, 4.69) is 11.6 Å². The van der Waals surface area contributed by atoms with E-state index in [1.165, 1.54) is 4.90 Å². The van der Waals surface area contributed by atoms with Gasteiger partial charge < -0.3 is 19.5 Å². The Hall–Kier alpha value is -5.17. The van der Waals surface area contributed by atoms with Crippen molar-refractivity contribution in [3.05, 3.63) is 143 Å². The number of amides is 1. The van der Waals surface area contributed by atoms with Crippen LogP contribution >= 0.6 is 0 Å². The summed E-state index contributed by atoms with van der Waals surface area (Å²) in [6.45, 7) is 6.63. The number of ether oxygens (including phenoxy) is 2. The van der Waals surface area contributed by atoms with E-state index in [0.29, 0.717) is 35.8 Å². The Kier molecular flexibility index (Phi) is 8.25. The zero-order chi connectivity index (χ0) is 28.8. The molecule has 206 valence electrons. The highest BCUT2D eigenvalue weighted by Gasteiger charge is 2.46. The lowest BCUT2D eigenvalue weighted by Crippen LogP contribution is -2.29. The van der Waals surface area contributed by atoms with Crippen molar-refractivity contribution in [2.24, 2.45) is 0 Å². The molecule has 7 nitrogen and oxygen atoms in total. The molecule has 1 aliphatic rings. The Labute approximate surface area is 239 Å². The first-order valence-corrected chi connectivity index (χ1v) is 13.2. The molecule has 0 bridgehead atoms. The third-order valence-corrected chi connectivity index (χ3v) is 6.99. The van der Waals surface area contributed by atoms with Crippen molar-refractivity contribution in [2.45, 2.75) is 26.1 Å². The molecule has 41 heavy (non-hydrogen) atoms. The lowest BCUT2D eigenvalue weighted by Gasteiger charge is -2.25. The van der Waals surface area contributed by atoms with Crippen molar-refractivity contribution in [1.29, 1.82) is 0 Å². The molecular weight excluding hydrogens is 516 g/mol. The van der Waals surface area contributed by atoms with Gasteiger partial charge in [-0.1, -0.05) is 49.1 Å². The van der Waals surface area contributed by atoms with Gasteiger partial charge in [0.15, 0.2) is 0 Å². The third-order valence-electron chi connectivity index (χ3n) is 6.99. The number of aryl methyl sites for hydroxylation is 1. The predicted molar refractivity (Wildman–Crippen MR) is 156 cm³/mol. The predicted octanol–water partition coefficient (Wildman–Crippen LogP) is 6.16. The number of aliphatic hydroxyl groups excluding tert-OH is 1. The van der Waals surface area contributed by atoms with Crippen molar-refractivity contribution in [3.8, 4) is 11.5 Å². The van der Waals surface area contributed by atoms with Crippen molar-refractivity contribution >= 4 is 17.4 Å². The van der Waals surface area contributed by atoms with Crippen molar-refractivity contribution in [2.75, 3.05) is 6.61 Å². The van der Waals surface area contributed by atoms with Gasteiger partial charge in [-0.3, -0.25) is 14.6 Å². The molecule has 7 heteroatoms. The number of carbonyl (C=O) groups excluding carboxylic acids is 2. The third kappa shape index (κ3) is 6.04. The molecule has 1 aromatic heterocycles. The smallest absolute Gasteiger partial charge is 0.295 e. The molecule has 2 heterocycles. The van der Waals surface area contributed by atoms with Crippen LogP contribution in [0, 0.1) is 6.92 Å². The van der Waals surface area contributed by atoms with Gasteiger partial charge in [0.05, 0.1) is 11.6 Å². The number of nitrogens with zero attached hydrogens (tertiary/aromatic N) is 2. The summed E-state index contributed by atoms with van der Waals surface area (Å²) >= 11 is 0. The Morgan fingerprint density at radius 2 is 1.59 bits per heavy atom. The first kappa shape index (κ1) is 27.4. The van der Waals surface area contributed by atoms with Gasteiger partial charge >= 0.3 is 0 Å². The molecule has 1 N–H and O–H groups in total. The van der Waals surface area contributed by atoms with Gasteiger partial charge in [0.2, 0.25) is 0 Å². The molecule has 0 radical (unpaired) electrons. The average Bonchev–Trinajstić information content (AvgIpc) is 3.25. The van der Waals surface area contributed by atoms with Crippen LogP contribution < -0.4 is 9.47 Å². The lowest BCUT2D eigenvalue weighted by atomic mass is 9.95. The van der Waals surface area contributed by atoms with Crippen LogP contribution in [0.4, 0.5) is 0 Å². The Morgan fingerprint density at radius 3 is 2.27 bits per heavy atom. The van der Waals surface area contributed by atoms with E-state index in [0.717, 1.165) is 16.7 Å². The number of pyridine rings is 1.